The van der Waals surface area contributed by atoms with E-state index in [2.05, 4.69) is 20.9 Å². The fraction of sp³-hybridized carbons (Fsp3) is 0.432. The first kappa shape index (κ1) is 43.4. The number of hydrogen-bond acceptors (Lipinski definition) is 8. The van der Waals surface area contributed by atoms with E-state index in [4.69, 9.17) is 4.74 Å². The highest BCUT2D eigenvalue weighted by atomic mass is 16.6. The molecule has 0 radical (unpaired) electrons. The number of fused-ring (bicyclic) bond motifs is 1. The van der Waals surface area contributed by atoms with Crippen LogP contribution >= 0.6 is 0 Å². The zero-order valence-electron chi connectivity index (χ0n) is 32.9. The van der Waals surface area contributed by atoms with Crippen molar-refractivity contribution in [3.63, 3.8) is 0 Å². The molecule has 1 unspecified atom stereocenters. The maximum absolute atomic E-state index is 14.1. The normalized spacial score (nSPS) is 13.9. The average molecular weight is 768 g/mol. The molecule has 300 valence electrons. The molecule has 0 aliphatic heterocycles. The number of ether oxygens (including phenoxy) is 1. The van der Waals surface area contributed by atoms with Crippen LogP contribution in [0.5, 0.6) is 0 Å². The minimum Gasteiger partial charge on any atom is -0.444 e. The molecule has 3 aromatic carbocycles. The molecule has 5 N–H and O–H groups in total. The van der Waals surface area contributed by atoms with Crippen LogP contribution in [0.15, 0.2) is 97.3 Å². The van der Waals surface area contributed by atoms with E-state index in [9.17, 15) is 29.4 Å². The molecule has 12 heteroatoms. The van der Waals surface area contributed by atoms with Crippen LogP contribution in [0.25, 0.3) is 10.8 Å². The second kappa shape index (κ2) is 22.3. The first-order chi connectivity index (χ1) is 27.0. The van der Waals surface area contributed by atoms with Crippen LogP contribution in [0.1, 0.15) is 77.3 Å². The number of unbranched alkanes of at least 4 members (excludes halogenated alkanes) is 1. The van der Waals surface area contributed by atoms with Gasteiger partial charge in [-0.05, 0) is 73.2 Å². The smallest absolute Gasteiger partial charge is 0.415 e. The number of aliphatic hydroxyl groups is 2. The van der Waals surface area contributed by atoms with Gasteiger partial charge in [0.05, 0.1) is 17.8 Å². The number of pyridine rings is 1. The summed E-state index contributed by atoms with van der Waals surface area (Å²) in [6.45, 7) is 7.54. The lowest BCUT2D eigenvalue weighted by Gasteiger charge is -2.32. The van der Waals surface area contributed by atoms with Crippen molar-refractivity contribution in [2.24, 2.45) is 11.8 Å². The summed E-state index contributed by atoms with van der Waals surface area (Å²) in [7, 11) is 0. The van der Waals surface area contributed by atoms with E-state index in [0.717, 1.165) is 28.3 Å². The van der Waals surface area contributed by atoms with Gasteiger partial charge in [0.25, 0.3) is 0 Å². The number of nitrogens with one attached hydrogen (secondary N) is 3. The third-order valence-corrected chi connectivity index (χ3v) is 9.78. The number of rotatable bonds is 21. The molecule has 0 aliphatic rings. The summed E-state index contributed by atoms with van der Waals surface area (Å²) in [4.78, 5) is 60.6. The molecule has 4 aromatic rings. The minimum absolute atomic E-state index is 0.00192. The Hall–Kier alpha value is -5.33. The second-order valence-electron chi connectivity index (χ2n) is 14.6. The number of anilines is 1. The van der Waals surface area contributed by atoms with Crippen molar-refractivity contribution < 1.29 is 34.1 Å². The third kappa shape index (κ3) is 12.9. The Balaban J connectivity index is 1.52. The summed E-state index contributed by atoms with van der Waals surface area (Å²) in [5, 5.41) is 31.7. The Morgan fingerprint density at radius 2 is 1.48 bits per heavy atom. The molecule has 12 nitrogen and oxygen atoms in total. The van der Waals surface area contributed by atoms with Gasteiger partial charge in [-0.25, -0.2) is 4.79 Å². The number of carbonyl (C=O) groups excluding carboxylic acids is 4. The van der Waals surface area contributed by atoms with Gasteiger partial charge in [-0.2, -0.15) is 0 Å². The highest BCUT2D eigenvalue weighted by Gasteiger charge is 2.34. The lowest BCUT2D eigenvalue weighted by molar-refractivity contribution is -0.131. The van der Waals surface area contributed by atoms with Crippen LogP contribution in [0.3, 0.4) is 0 Å². The van der Waals surface area contributed by atoms with Crippen molar-refractivity contribution >= 4 is 40.3 Å². The molecule has 1 heterocycles. The fourth-order valence-corrected chi connectivity index (χ4v) is 6.66. The van der Waals surface area contributed by atoms with E-state index in [1.165, 1.54) is 4.90 Å². The second-order valence-corrected chi connectivity index (χ2v) is 14.6. The fourth-order valence-electron chi connectivity index (χ4n) is 6.66. The largest absolute Gasteiger partial charge is 0.444 e. The molecule has 4 amide bonds. The molecule has 56 heavy (non-hydrogen) atoms. The lowest BCUT2D eigenvalue weighted by Crippen LogP contribution is -2.56. The van der Waals surface area contributed by atoms with Gasteiger partial charge in [0.2, 0.25) is 17.7 Å². The minimum atomic E-state index is -1.12. The van der Waals surface area contributed by atoms with Crippen LogP contribution in [-0.2, 0) is 32.3 Å². The van der Waals surface area contributed by atoms with Crippen molar-refractivity contribution in [2.45, 2.75) is 104 Å². The Morgan fingerprint density at radius 3 is 2.18 bits per heavy atom. The molecule has 0 aliphatic carbocycles. The number of benzene rings is 3. The quantitative estimate of drug-likeness (QED) is 0.0684. The predicted octanol–water partition coefficient (Wildman–Crippen LogP) is 6.04. The van der Waals surface area contributed by atoms with Gasteiger partial charge in [-0.15, -0.1) is 0 Å². The molecule has 4 rings (SSSR count). The van der Waals surface area contributed by atoms with Gasteiger partial charge in [-0.1, -0.05) is 100 Å². The van der Waals surface area contributed by atoms with E-state index in [-0.39, 0.29) is 44.4 Å². The van der Waals surface area contributed by atoms with E-state index >= 15 is 0 Å². The zero-order chi connectivity index (χ0) is 40.5. The van der Waals surface area contributed by atoms with Crippen LogP contribution in [0.4, 0.5) is 10.5 Å². The van der Waals surface area contributed by atoms with Crippen LogP contribution < -0.4 is 20.9 Å². The topological polar surface area (TPSA) is 170 Å². The van der Waals surface area contributed by atoms with Gasteiger partial charge in [-0.3, -0.25) is 24.3 Å². The number of carbonyl (C=O) groups is 4. The van der Waals surface area contributed by atoms with Crippen LogP contribution in [-0.4, -0.2) is 69.8 Å². The van der Waals surface area contributed by atoms with Gasteiger partial charge in [0.15, 0.2) is 0 Å². The molecule has 0 saturated carbocycles. The van der Waals surface area contributed by atoms with Gasteiger partial charge in [0.1, 0.15) is 18.7 Å². The molecule has 0 saturated heterocycles. The summed E-state index contributed by atoms with van der Waals surface area (Å²) in [5.41, 5.74) is 2.14. The van der Waals surface area contributed by atoms with E-state index in [0.29, 0.717) is 24.9 Å². The van der Waals surface area contributed by atoms with Crippen LogP contribution in [0, 0.1) is 11.8 Å². The average Bonchev–Trinajstić information content (AvgIpc) is 3.20. The first-order valence-corrected chi connectivity index (χ1v) is 19.6. The Kier molecular flexibility index (Phi) is 17.3. The summed E-state index contributed by atoms with van der Waals surface area (Å²) in [6.07, 6.45) is 3.70. The highest BCUT2D eigenvalue weighted by Crippen LogP contribution is 2.29. The molecule has 0 fully saturated rings. The van der Waals surface area contributed by atoms with E-state index in [1.54, 1.807) is 37.5 Å². The zero-order valence-corrected chi connectivity index (χ0v) is 32.9. The summed E-state index contributed by atoms with van der Waals surface area (Å²) >= 11 is 0. The third-order valence-electron chi connectivity index (χ3n) is 9.78. The van der Waals surface area contributed by atoms with Crippen molar-refractivity contribution in [1.29, 1.82) is 0 Å². The van der Waals surface area contributed by atoms with E-state index < -0.39 is 48.1 Å². The van der Waals surface area contributed by atoms with Crippen molar-refractivity contribution in [1.82, 2.24) is 20.9 Å². The highest BCUT2D eigenvalue weighted by molar-refractivity contribution is 6.05. The molecular formula is C44H57N5O7. The Morgan fingerprint density at radius 1 is 0.786 bits per heavy atom. The Labute approximate surface area is 330 Å². The number of amides is 4. The summed E-state index contributed by atoms with van der Waals surface area (Å²) in [6, 6.07) is 23.1. The molecule has 0 spiro atoms. The summed E-state index contributed by atoms with van der Waals surface area (Å²) in [5.74, 6) is -1.98. The van der Waals surface area contributed by atoms with Gasteiger partial charge >= 0.3 is 6.09 Å². The maximum atomic E-state index is 14.1. The molecule has 0 bridgehead atoms. The van der Waals surface area contributed by atoms with E-state index in [1.807, 2.05) is 87.5 Å². The number of aromatic nitrogens is 1. The predicted molar refractivity (Wildman–Crippen MR) is 217 cm³/mol. The van der Waals surface area contributed by atoms with Gasteiger partial charge < -0.3 is 30.9 Å². The van der Waals surface area contributed by atoms with Crippen molar-refractivity contribution in [3.05, 3.63) is 108 Å². The number of hydrogen-bond donors (Lipinski definition) is 5. The number of aliphatic hydroxyl groups excluding tert-OH is 2. The van der Waals surface area contributed by atoms with Crippen molar-refractivity contribution in [2.75, 3.05) is 11.5 Å². The SMILES string of the molecule is CCCC[C@H](NC(=O)[C@H](C)N(C(=O)OCc1ccccc1)c1cccc2ccccc12)C(=O)N[C@@H](CC(C)C)[C@@H](O)CC(CCO)C(=O)NCc1ccncc1. The van der Waals surface area contributed by atoms with Crippen molar-refractivity contribution in [3.8, 4) is 0 Å². The summed E-state index contributed by atoms with van der Waals surface area (Å²) < 4.78 is 5.75. The number of nitrogens with zero attached hydrogens (tertiary/aromatic N) is 2. The first-order valence-electron chi connectivity index (χ1n) is 19.6. The maximum Gasteiger partial charge on any atom is 0.415 e. The van der Waals surface area contributed by atoms with Gasteiger partial charge in [0, 0.05) is 36.8 Å². The Bertz CT molecular complexity index is 1840. The molecular weight excluding hydrogens is 711 g/mol. The standard InChI is InChI=1S/C44H57N5O7/c1-5-6-18-37(43(54)48-38(26-30(2)3)40(51)27-35(22-25-50)42(53)46-28-32-20-23-45-24-21-32)47-41(52)31(4)49(44(55)56-29-33-13-8-7-9-14-33)39-19-12-16-34-15-10-11-17-36(34)39/h7-17,19-21,23-24,30-31,35,37-38,40,50-51H,5-6,18,22,25-29H2,1-4H3,(H,46,53)(H,47,52)(H,48,54)/t31-,35?,37-,38-,40-/m0/s1. The monoisotopic (exact) mass is 767 g/mol. The van der Waals surface area contributed by atoms with Crippen LogP contribution in [0.2, 0.25) is 0 Å². The lowest BCUT2D eigenvalue weighted by atomic mass is 9.89. The molecule has 5 atom stereocenters. The molecule has 1 aromatic heterocycles.